The first-order valence-electron chi connectivity index (χ1n) is 6.41. The predicted molar refractivity (Wildman–Crippen MR) is 71.8 cm³/mol. The Morgan fingerprint density at radius 1 is 1.58 bits per heavy atom. The fourth-order valence-corrected chi connectivity index (χ4v) is 2.73. The van der Waals surface area contributed by atoms with E-state index >= 15 is 0 Å². The second-order valence-corrected chi connectivity index (χ2v) is 5.43. The summed E-state index contributed by atoms with van der Waals surface area (Å²) in [5, 5.41) is 9.20. The Labute approximate surface area is 117 Å². The zero-order chi connectivity index (χ0) is 14.0. The lowest BCUT2D eigenvalue weighted by molar-refractivity contribution is -0.143. The number of carbonyl (C=O) groups is 1. The minimum atomic E-state index is -0.742. The highest BCUT2D eigenvalue weighted by Gasteiger charge is 2.28. The number of carboxylic acids is 1. The molecular formula is C14H17ClFNO2. The molecule has 1 saturated heterocycles. The summed E-state index contributed by atoms with van der Waals surface area (Å²) in [7, 11) is 0. The summed E-state index contributed by atoms with van der Waals surface area (Å²) >= 11 is 5.79. The van der Waals surface area contributed by atoms with Crippen LogP contribution in [0.3, 0.4) is 0 Å². The van der Waals surface area contributed by atoms with Crippen molar-refractivity contribution in [2.75, 3.05) is 13.1 Å². The first kappa shape index (κ1) is 14.3. The zero-order valence-corrected chi connectivity index (χ0v) is 11.5. The van der Waals surface area contributed by atoms with Crippen molar-refractivity contribution in [2.45, 2.75) is 25.8 Å². The van der Waals surface area contributed by atoms with Gasteiger partial charge in [0.15, 0.2) is 0 Å². The molecule has 1 fully saturated rings. The van der Waals surface area contributed by atoms with Crippen molar-refractivity contribution in [3.8, 4) is 0 Å². The maximum atomic E-state index is 13.1. The summed E-state index contributed by atoms with van der Waals surface area (Å²) in [6, 6.07) is 4.72. The number of carboxylic acid groups (broad SMARTS) is 1. The van der Waals surface area contributed by atoms with E-state index in [0.717, 1.165) is 24.9 Å². The number of piperidine rings is 1. The summed E-state index contributed by atoms with van der Waals surface area (Å²) in [6.45, 7) is 3.39. The molecule has 1 aliphatic rings. The molecular weight excluding hydrogens is 269 g/mol. The lowest BCUT2D eigenvalue weighted by atomic mass is 9.95. The quantitative estimate of drug-likeness (QED) is 0.926. The molecule has 2 atom stereocenters. The summed E-state index contributed by atoms with van der Waals surface area (Å²) in [5.74, 6) is -1.49. The normalized spacial score (nSPS) is 22.2. The first-order chi connectivity index (χ1) is 8.99. The number of hydrogen-bond acceptors (Lipinski definition) is 2. The molecule has 19 heavy (non-hydrogen) atoms. The van der Waals surface area contributed by atoms with E-state index in [1.165, 1.54) is 6.07 Å². The van der Waals surface area contributed by atoms with Gasteiger partial charge in [-0.15, -0.1) is 0 Å². The molecule has 1 aromatic rings. The first-order valence-corrected chi connectivity index (χ1v) is 6.78. The van der Waals surface area contributed by atoms with Crippen molar-refractivity contribution in [2.24, 2.45) is 5.92 Å². The lowest BCUT2D eigenvalue weighted by Gasteiger charge is -2.35. The average molecular weight is 286 g/mol. The number of likely N-dealkylation sites (tertiary alicyclic amines) is 1. The number of rotatable bonds is 3. The molecule has 0 amide bonds. The molecule has 0 saturated carbocycles. The fraction of sp³-hybridized carbons (Fsp3) is 0.500. The maximum Gasteiger partial charge on any atom is 0.307 e. The Hall–Kier alpha value is -1.13. The van der Waals surface area contributed by atoms with Crippen LogP contribution in [-0.4, -0.2) is 29.1 Å². The predicted octanol–water partition coefficient (Wildman–Crippen LogP) is 3.34. The molecule has 1 N–H and O–H groups in total. The average Bonchev–Trinajstić information content (AvgIpc) is 2.41. The van der Waals surface area contributed by atoms with Crippen LogP contribution < -0.4 is 0 Å². The largest absolute Gasteiger partial charge is 0.481 e. The molecule has 0 bridgehead atoms. The molecule has 104 valence electrons. The standard InChI is InChI=1S/C14H17ClFNO2/c1-9(10-4-5-13(16)12(15)7-10)17-6-2-3-11(8-17)14(18)19/h4-5,7,9,11H,2-3,6,8H2,1H3,(H,18,19). The molecule has 0 radical (unpaired) electrons. The molecule has 2 rings (SSSR count). The third-order valence-corrected chi connectivity index (χ3v) is 4.07. The van der Waals surface area contributed by atoms with Crippen LogP contribution in [0.5, 0.6) is 0 Å². The van der Waals surface area contributed by atoms with E-state index in [1.807, 2.05) is 6.92 Å². The van der Waals surface area contributed by atoms with Gasteiger partial charge >= 0.3 is 5.97 Å². The van der Waals surface area contributed by atoms with Crippen LogP contribution in [0.1, 0.15) is 31.4 Å². The Kier molecular flexibility index (Phi) is 4.42. The molecule has 1 aromatic carbocycles. The minimum absolute atomic E-state index is 0.0419. The molecule has 5 heteroatoms. The summed E-state index contributed by atoms with van der Waals surface area (Å²) < 4.78 is 13.1. The van der Waals surface area contributed by atoms with Crippen LogP contribution in [0.25, 0.3) is 0 Å². The molecule has 1 heterocycles. The molecule has 3 nitrogen and oxygen atoms in total. The van der Waals surface area contributed by atoms with Crippen LogP contribution in [0, 0.1) is 11.7 Å². The van der Waals surface area contributed by atoms with Crippen molar-refractivity contribution >= 4 is 17.6 Å². The molecule has 2 unspecified atom stereocenters. The Bertz CT molecular complexity index is 481. The van der Waals surface area contributed by atoms with Gasteiger partial charge in [0.05, 0.1) is 10.9 Å². The Balaban J connectivity index is 2.12. The molecule has 0 aliphatic carbocycles. The zero-order valence-electron chi connectivity index (χ0n) is 10.8. The van der Waals surface area contributed by atoms with Gasteiger partial charge in [-0.2, -0.15) is 0 Å². The minimum Gasteiger partial charge on any atom is -0.481 e. The maximum absolute atomic E-state index is 13.1. The van der Waals surface area contributed by atoms with Crippen LogP contribution in [-0.2, 0) is 4.79 Å². The second-order valence-electron chi connectivity index (χ2n) is 5.02. The van der Waals surface area contributed by atoms with Gasteiger partial charge in [-0.05, 0) is 44.0 Å². The molecule has 1 aliphatic heterocycles. The van der Waals surface area contributed by atoms with Gasteiger partial charge in [0.2, 0.25) is 0 Å². The van der Waals surface area contributed by atoms with E-state index in [4.69, 9.17) is 16.7 Å². The van der Waals surface area contributed by atoms with E-state index in [-0.39, 0.29) is 17.0 Å². The number of aliphatic carboxylic acids is 1. The van der Waals surface area contributed by atoms with Crippen molar-refractivity contribution in [3.63, 3.8) is 0 Å². The third-order valence-electron chi connectivity index (χ3n) is 3.78. The number of halogens is 2. The van der Waals surface area contributed by atoms with Gasteiger partial charge in [-0.3, -0.25) is 9.69 Å². The smallest absolute Gasteiger partial charge is 0.307 e. The SMILES string of the molecule is CC(c1ccc(F)c(Cl)c1)N1CCCC(C(=O)O)C1. The van der Waals surface area contributed by atoms with Gasteiger partial charge in [-0.1, -0.05) is 17.7 Å². The van der Waals surface area contributed by atoms with Crippen molar-refractivity contribution in [3.05, 3.63) is 34.6 Å². The van der Waals surface area contributed by atoms with Crippen molar-refractivity contribution < 1.29 is 14.3 Å². The van der Waals surface area contributed by atoms with E-state index in [9.17, 15) is 9.18 Å². The Morgan fingerprint density at radius 3 is 2.95 bits per heavy atom. The van der Waals surface area contributed by atoms with Crippen LogP contribution in [0.2, 0.25) is 5.02 Å². The van der Waals surface area contributed by atoms with Gasteiger partial charge in [0.1, 0.15) is 5.82 Å². The number of hydrogen-bond donors (Lipinski definition) is 1. The monoisotopic (exact) mass is 285 g/mol. The highest BCUT2D eigenvalue weighted by molar-refractivity contribution is 6.30. The number of nitrogens with zero attached hydrogens (tertiary/aromatic N) is 1. The van der Waals surface area contributed by atoms with E-state index < -0.39 is 11.8 Å². The highest BCUT2D eigenvalue weighted by atomic mass is 35.5. The van der Waals surface area contributed by atoms with Crippen LogP contribution in [0.4, 0.5) is 4.39 Å². The van der Waals surface area contributed by atoms with E-state index in [2.05, 4.69) is 4.90 Å². The van der Waals surface area contributed by atoms with E-state index in [1.54, 1.807) is 12.1 Å². The summed E-state index contributed by atoms with van der Waals surface area (Å²) in [5.41, 5.74) is 0.914. The van der Waals surface area contributed by atoms with Crippen LogP contribution >= 0.6 is 11.6 Å². The van der Waals surface area contributed by atoms with Gasteiger partial charge in [0.25, 0.3) is 0 Å². The second kappa shape index (κ2) is 5.88. The Morgan fingerprint density at radius 2 is 2.32 bits per heavy atom. The van der Waals surface area contributed by atoms with Crippen molar-refractivity contribution in [1.29, 1.82) is 0 Å². The van der Waals surface area contributed by atoms with Gasteiger partial charge in [-0.25, -0.2) is 4.39 Å². The van der Waals surface area contributed by atoms with Crippen LogP contribution in [0.15, 0.2) is 18.2 Å². The van der Waals surface area contributed by atoms with Crippen molar-refractivity contribution in [1.82, 2.24) is 4.90 Å². The molecule has 0 aromatic heterocycles. The fourth-order valence-electron chi connectivity index (χ4n) is 2.54. The topological polar surface area (TPSA) is 40.5 Å². The lowest BCUT2D eigenvalue weighted by Crippen LogP contribution is -2.40. The summed E-state index contributed by atoms with van der Waals surface area (Å²) in [6.07, 6.45) is 1.60. The summed E-state index contributed by atoms with van der Waals surface area (Å²) in [4.78, 5) is 13.2. The van der Waals surface area contributed by atoms with E-state index in [0.29, 0.717) is 6.54 Å². The number of benzene rings is 1. The highest BCUT2D eigenvalue weighted by Crippen LogP contribution is 2.28. The third kappa shape index (κ3) is 3.25. The molecule has 0 spiro atoms. The van der Waals surface area contributed by atoms with Gasteiger partial charge < -0.3 is 5.11 Å². The van der Waals surface area contributed by atoms with Gasteiger partial charge in [0, 0.05) is 12.6 Å².